The highest BCUT2D eigenvalue weighted by atomic mass is 79.9. The number of halogens is 1. The number of hydrogen-bond acceptors (Lipinski definition) is 4. The van der Waals surface area contributed by atoms with E-state index in [0.29, 0.717) is 10.3 Å². The zero-order valence-electron chi connectivity index (χ0n) is 10.8. The number of benzene rings is 1. The maximum Gasteiger partial charge on any atom is 0.313 e. The van der Waals surface area contributed by atoms with Gasteiger partial charge in [0.25, 0.3) is 0 Å². The third-order valence-electron chi connectivity index (χ3n) is 3.45. The second-order valence-corrected chi connectivity index (χ2v) is 5.72. The minimum absolute atomic E-state index is 0.0166. The van der Waals surface area contributed by atoms with Crippen LogP contribution in [0.3, 0.4) is 0 Å². The van der Waals surface area contributed by atoms with E-state index in [-0.39, 0.29) is 16.7 Å². The smallest absolute Gasteiger partial charge is 0.313 e. The van der Waals surface area contributed by atoms with E-state index in [1.54, 1.807) is 6.20 Å². The van der Waals surface area contributed by atoms with Crippen LogP contribution in [0.25, 0.3) is 0 Å². The lowest BCUT2D eigenvalue weighted by atomic mass is 10.1. The summed E-state index contributed by atoms with van der Waals surface area (Å²) in [6, 6.07) is 9.60. The van der Waals surface area contributed by atoms with Crippen molar-refractivity contribution < 1.29 is 4.92 Å². The van der Waals surface area contributed by atoms with E-state index >= 15 is 0 Å². The fraction of sp³-hybridized carbons (Fsp3) is 0.214. The number of para-hydroxylation sites is 1. The Bertz CT molecular complexity index is 690. The van der Waals surface area contributed by atoms with Crippen molar-refractivity contribution in [3.63, 3.8) is 0 Å². The minimum Gasteiger partial charge on any atom is -0.317 e. The molecular formula is C14H12BrN3O2. The van der Waals surface area contributed by atoms with Crippen molar-refractivity contribution in [3.8, 4) is 0 Å². The van der Waals surface area contributed by atoms with Gasteiger partial charge in [-0.2, -0.15) is 0 Å². The number of hydrogen-bond donors (Lipinski definition) is 0. The number of pyridine rings is 1. The monoisotopic (exact) mass is 333 g/mol. The molecule has 2 aromatic rings. The number of nitro groups is 1. The van der Waals surface area contributed by atoms with Crippen LogP contribution in [0.2, 0.25) is 0 Å². The van der Waals surface area contributed by atoms with Gasteiger partial charge in [0.15, 0.2) is 0 Å². The summed E-state index contributed by atoms with van der Waals surface area (Å²) in [7, 11) is 0. The van der Waals surface area contributed by atoms with Gasteiger partial charge in [-0.25, -0.2) is 4.98 Å². The van der Waals surface area contributed by atoms with Crippen LogP contribution >= 0.6 is 15.9 Å². The lowest BCUT2D eigenvalue weighted by Crippen LogP contribution is -2.25. The number of nitrogens with zero attached hydrogens (tertiary/aromatic N) is 3. The van der Waals surface area contributed by atoms with Gasteiger partial charge in [0.05, 0.1) is 4.92 Å². The number of aromatic nitrogens is 1. The standard InChI is InChI=1S/C14H12BrN3O2/c1-9-6-10-4-2-3-5-12(10)17(9)14-13(18(19)20)7-11(15)8-16-14/h2-5,7-9H,6H2,1H3. The Labute approximate surface area is 124 Å². The van der Waals surface area contributed by atoms with Crippen LogP contribution in [0, 0.1) is 10.1 Å². The van der Waals surface area contributed by atoms with Crippen molar-refractivity contribution in [3.05, 3.63) is 56.7 Å². The molecule has 3 rings (SSSR count). The molecule has 102 valence electrons. The summed E-state index contributed by atoms with van der Waals surface area (Å²) in [6.07, 6.45) is 2.46. The normalized spacial score (nSPS) is 17.1. The molecule has 2 heterocycles. The van der Waals surface area contributed by atoms with Crippen LogP contribution in [-0.4, -0.2) is 15.9 Å². The molecule has 0 radical (unpaired) electrons. The summed E-state index contributed by atoms with van der Waals surface area (Å²) < 4.78 is 0.605. The molecule has 1 aromatic heterocycles. The molecule has 0 saturated heterocycles. The summed E-state index contributed by atoms with van der Waals surface area (Å²) >= 11 is 3.23. The third kappa shape index (κ3) is 2.06. The van der Waals surface area contributed by atoms with Gasteiger partial charge in [-0.15, -0.1) is 0 Å². The third-order valence-corrected chi connectivity index (χ3v) is 3.88. The molecule has 0 N–H and O–H groups in total. The molecule has 1 aliphatic rings. The minimum atomic E-state index is -0.388. The zero-order valence-corrected chi connectivity index (χ0v) is 12.4. The quantitative estimate of drug-likeness (QED) is 0.618. The summed E-state index contributed by atoms with van der Waals surface area (Å²) in [4.78, 5) is 17.1. The second-order valence-electron chi connectivity index (χ2n) is 4.81. The van der Waals surface area contributed by atoms with E-state index in [9.17, 15) is 10.1 Å². The van der Waals surface area contributed by atoms with Gasteiger partial charge < -0.3 is 4.90 Å². The first-order chi connectivity index (χ1) is 9.58. The lowest BCUT2D eigenvalue weighted by Gasteiger charge is -2.23. The molecule has 0 saturated carbocycles. The van der Waals surface area contributed by atoms with Crippen LogP contribution in [-0.2, 0) is 6.42 Å². The Morgan fingerprint density at radius 2 is 2.20 bits per heavy atom. The van der Waals surface area contributed by atoms with Gasteiger partial charge in [0, 0.05) is 28.5 Å². The van der Waals surface area contributed by atoms with E-state index in [1.165, 1.54) is 11.6 Å². The Morgan fingerprint density at radius 1 is 1.45 bits per heavy atom. The van der Waals surface area contributed by atoms with Gasteiger partial charge in [-0.05, 0) is 40.9 Å². The highest BCUT2D eigenvalue weighted by Gasteiger charge is 2.32. The maximum absolute atomic E-state index is 11.3. The molecule has 1 unspecified atom stereocenters. The topological polar surface area (TPSA) is 59.3 Å². The van der Waals surface area contributed by atoms with Crippen molar-refractivity contribution in [1.82, 2.24) is 4.98 Å². The first kappa shape index (κ1) is 13.1. The SMILES string of the molecule is CC1Cc2ccccc2N1c1ncc(Br)cc1[N+](=O)[O-]. The van der Waals surface area contributed by atoms with Crippen molar-refractivity contribution in [2.45, 2.75) is 19.4 Å². The molecule has 1 aromatic carbocycles. The van der Waals surface area contributed by atoms with Crippen molar-refractivity contribution in [2.24, 2.45) is 0 Å². The predicted octanol–water partition coefficient (Wildman–Crippen LogP) is 3.84. The van der Waals surface area contributed by atoms with Crippen molar-refractivity contribution in [2.75, 3.05) is 4.90 Å². The maximum atomic E-state index is 11.3. The summed E-state index contributed by atoms with van der Waals surface area (Å²) in [6.45, 7) is 2.05. The van der Waals surface area contributed by atoms with E-state index < -0.39 is 0 Å². The van der Waals surface area contributed by atoms with Gasteiger partial charge in [-0.3, -0.25) is 10.1 Å². The average molecular weight is 334 g/mol. The van der Waals surface area contributed by atoms with Gasteiger partial charge in [0.1, 0.15) is 0 Å². The molecular weight excluding hydrogens is 322 g/mol. The molecule has 0 fully saturated rings. The average Bonchev–Trinajstić information content (AvgIpc) is 2.74. The first-order valence-electron chi connectivity index (χ1n) is 6.25. The van der Waals surface area contributed by atoms with Crippen molar-refractivity contribution in [1.29, 1.82) is 0 Å². The predicted molar refractivity (Wildman–Crippen MR) is 80.3 cm³/mol. The Hall–Kier alpha value is -1.95. The Kier molecular flexibility index (Phi) is 3.17. The summed E-state index contributed by atoms with van der Waals surface area (Å²) in [5.41, 5.74) is 2.21. The number of rotatable bonds is 2. The van der Waals surface area contributed by atoms with Crippen LogP contribution < -0.4 is 4.90 Å². The van der Waals surface area contributed by atoms with Gasteiger partial charge >= 0.3 is 5.69 Å². The molecule has 0 aliphatic carbocycles. The van der Waals surface area contributed by atoms with Gasteiger partial charge in [0.2, 0.25) is 5.82 Å². The second kappa shape index (κ2) is 4.86. The largest absolute Gasteiger partial charge is 0.317 e. The molecule has 1 aliphatic heterocycles. The molecule has 6 heteroatoms. The molecule has 20 heavy (non-hydrogen) atoms. The van der Waals surface area contributed by atoms with Crippen LogP contribution in [0.1, 0.15) is 12.5 Å². The lowest BCUT2D eigenvalue weighted by molar-refractivity contribution is -0.384. The zero-order chi connectivity index (χ0) is 14.3. The summed E-state index contributed by atoms with van der Waals surface area (Å²) in [5.74, 6) is 0.399. The highest BCUT2D eigenvalue weighted by Crippen LogP contribution is 2.41. The van der Waals surface area contributed by atoms with E-state index in [1.807, 2.05) is 30.0 Å². The first-order valence-corrected chi connectivity index (χ1v) is 7.04. The summed E-state index contributed by atoms with van der Waals surface area (Å²) in [5, 5.41) is 11.3. The van der Waals surface area contributed by atoms with E-state index in [2.05, 4.69) is 27.0 Å². The fourth-order valence-corrected chi connectivity index (χ4v) is 2.95. The van der Waals surface area contributed by atoms with Gasteiger partial charge in [-0.1, -0.05) is 18.2 Å². The number of anilines is 2. The van der Waals surface area contributed by atoms with E-state index in [0.717, 1.165) is 12.1 Å². The molecule has 0 spiro atoms. The van der Waals surface area contributed by atoms with Crippen molar-refractivity contribution >= 4 is 33.1 Å². The Morgan fingerprint density at radius 3 is 2.95 bits per heavy atom. The van der Waals surface area contributed by atoms with E-state index in [4.69, 9.17) is 0 Å². The molecule has 0 amide bonds. The number of fused-ring (bicyclic) bond motifs is 1. The molecule has 0 bridgehead atoms. The van der Waals surface area contributed by atoms with Crippen LogP contribution in [0.4, 0.5) is 17.2 Å². The molecule has 5 nitrogen and oxygen atoms in total. The fourth-order valence-electron chi connectivity index (χ4n) is 2.63. The molecule has 1 atom stereocenters. The highest BCUT2D eigenvalue weighted by molar-refractivity contribution is 9.10. The van der Waals surface area contributed by atoms with Crippen LogP contribution in [0.5, 0.6) is 0 Å². The Balaban J connectivity index is 2.17. The van der Waals surface area contributed by atoms with Crippen LogP contribution in [0.15, 0.2) is 41.0 Å².